The summed E-state index contributed by atoms with van der Waals surface area (Å²) in [5.74, 6) is -0.0498. The van der Waals surface area contributed by atoms with Gasteiger partial charge in [-0.15, -0.1) is 12.4 Å². The van der Waals surface area contributed by atoms with Gasteiger partial charge >= 0.3 is 0 Å². The van der Waals surface area contributed by atoms with Crippen molar-refractivity contribution in [1.29, 1.82) is 0 Å². The highest BCUT2D eigenvalue weighted by Gasteiger charge is 2.15. The molecule has 94 valence electrons. The largest absolute Gasteiger partial charge is 0.369 e. The van der Waals surface area contributed by atoms with Crippen molar-refractivity contribution >= 4 is 18.2 Å². The van der Waals surface area contributed by atoms with E-state index in [9.17, 15) is 4.79 Å². The number of hydrogen-bond donors (Lipinski definition) is 1. The lowest BCUT2D eigenvalue weighted by Gasteiger charge is -2.22. The zero-order valence-corrected chi connectivity index (χ0v) is 10.4. The second-order valence-electron chi connectivity index (χ2n) is 3.92. The number of pyridine rings is 1. The molecule has 1 atom stereocenters. The van der Waals surface area contributed by atoms with Gasteiger partial charge in [0.15, 0.2) is 0 Å². The molecule has 1 aliphatic heterocycles. The topological polar surface area (TPSA) is 51.2 Å². The van der Waals surface area contributed by atoms with E-state index in [0.29, 0.717) is 5.69 Å². The minimum absolute atomic E-state index is 0. The summed E-state index contributed by atoms with van der Waals surface area (Å²) in [6.45, 7) is 2.02. The standard InChI is InChI=1S/C12H16N2O2.ClH/c15-12(11-5-1-2-7-14-11)9-16-10-4-3-6-13-8-10;/h1-2,5,7,10,13H,3-4,6,8-9H2;1H/t10-;/m1./s1. The van der Waals surface area contributed by atoms with Crippen LogP contribution in [0.1, 0.15) is 23.3 Å². The van der Waals surface area contributed by atoms with Crippen LogP contribution in [0.15, 0.2) is 24.4 Å². The molecule has 1 aromatic rings. The average molecular weight is 257 g/mol. The molecule has 4 nitrogen and oxygen atoms in total. The van der Waals surface area contributed by atoms with E-state index < -0.39 is 0 Å². The Morgan fingerprint density at radius 2 is 2.41 bits per heavy atom. The Kier molecular flexibility index (Phi) is 6.11. The number of nitrogens with one attached hydrogen (secondary N) is 1. The van der Waals surface area contributed by atoms with E-state index in [4.69, 9.17) is 4.74 Å². The summed E-state index contributed by atoms with van der Waals surface area (Å²) < 4.78 is 5.55. The lowest BCUT2D eigenvalue weighted by atomic mass is 10.1. The van der Waals surface area contributed by atoms with Crippen molar-refractivity contribution in [3.8, 4) is 0 Å². The summed E-state index contributed by atoms with van der Waals surface area (Å²) in [6.07, 6.45) is 3.93. The fourth-order valence-electron chi connectivity index (χ4n) is 1.76. The van der Waals surface area contributed by atoms with Crippen LogP contribution in [0.2, 0.25) is 0 Å². The van der Waals surface area contributed by atoms with E-state index in [1.54, 1.807) is 18.3 Å². The van der Waals surface area contributed by atoms with Gasteiger partial charge in [0.2, 0.25) is 5.78 Å². The first-order valence-electron chi connectivity index (χ1n) is 5.63. The van der Waals surface area contributed by atoms with E-state index >= 15 is 0 Å². The zero-order chi connectivity index (χ0) is 11.2. The maximum absolute atomic E-state index is 11.7. The quantitative estimate of drug-likeness (QED) is 0.829. The molecule has 5 heteroatoms. The molecule has 0 radical (unpaired) electrons. The Hall–Kier alpha value is -0.970. The maximum atomic E-state index is 11.7. The van der Waals surface area contributed by atoms with Crippen molar-refractivity contribution in [3.63, 3.8) is 0 Å². The number of carbonyl (C=O) groups is 1. The molecule has 0 spiro atoms. The third-order valence-electron chi connectivity index (χ3n) is 2.65. The molecule has 0 unspecified atom stereocenters. The summed E-state index contributed by atoms with van der Waals surface area (Å²) in [7, 11) is 0. The Morgan fingerprint density at radius 1 is 1.53 bits per heavy atom. The van der Waals surface area contributed by atoms with E-state index in [1.807, 2.05) is 6.07 Å². The van der Waals surface area contributed by atoms with Gasteiger partial charge in [0.05, 0.1) is 6.10 Å². The van der Waals surface area contributed by atoms with Crippen LogP contribution in [0, 0.1) is 0 Å². The summed E-state index contributed by atoms with van der Waals surface area (Å²) in [4.78, 5) is 15.7. The van der Waals surface area contributed by atoms with Crippen molar-refractivity contribution in [2.45, 2.75) is 18.9 Å². The molecule has 1 aromatic heterocycles. The highest BCUT2D eigenvalue weighted by Crippen LogP contribution is 2.06. The predicted molar refractivity (Wildman–Crippen MR) is 67.7 cm³/mol. The van der Waals surface area contributed by atoms with Crippen molar-refractivity contribution in [1.82, 2.24) is 10.3 Å². The fraction of sp³-hybridized carbons (Fsp3) is 0.500. The lowest BCUT2D eigenvalue weighted by molar-refractivity contribution is 0.0344. The van der Waals surface area contributed by atoms with E-state index in [-0.39, 0.29) is 30.9 Å². The highest BCUT2D eigenvalue weighted by atomic mass is 35.5. The number of hydrogen-bond acceptors (Lipinski definition) is 4. The number of carbonyl (C=O) groups excluding carboxylic acids is 1. The molecular formula is C12H17ClN2O2. The number of ether oxygens (including phenoxy) is 1. The molecule has 0 amide bonds. The van der Waals surface area contributed by atoms with Crippen LogP contribution in [0.4, 0.5) is 0 Å². The molecule has 0 aromatic carbocycles. The molecule has 1 N–H and O–H groups in total. The summed E-state index contributed by atoms with van der Waals surface area (Å²) in [5.41, 5.74) is 0.478. The smallest absolute Gasteiger partial charge is 0.206 e. The van der Waals surface area contributed by atoms with Gasteiger partial charge in [0.1, 0.15) is 12.3 Å². The van der Waals surface area contributed by atoms with Gasteiger partial charge in [-0.1, -0.05) is 6.07 Å². The molecular weight excluding hydrogens is 240 g/mol. The third kappa shape index (κ3) is 4.42. The van der Waals surface area contributed by atoms with Gasteiger partial charge in [0, 0.05) is 12.7 Å². The zero-order valence-electron chi connectivity index (χ0n) is 9.59. The average Bonchev–Trinajstić information content (AvgIpc) is 2.38. The first-order valence-corrected chi connectivity index (χ1v) is 5.63. The van der Waals surface area contributed by atoms with Crippen LogP contribution >= 0.6 is 12.4 Å². The third-order valence-corrected chi connectivity index (χ3v) is 2.65. The Balaban J connectivity index is 0.00000144. The number of rotatable bonds is 4. The number of halogens is 1. The number of Topliss-reactive ketones (excluding diaryl/α,β-unsaturated/α-hetero) is 1. The number of ketones is 1. The van der Waals surface area contributed by atoms with Crippen molar-refractivity contribution in [2.24, 2.45) is 0 Å². The minimum Gasteiger partial charge on any atom is -0.369 e. The monoisotopic (exact) mass is 256 g/mol. The molecule has 1 fully saturated rings. The van der Waals surface area contributed by atoms with Crippen LogP contribution < -0.4 is 5.32 Å². The molecule has 2 heterocycles. The normalized spacial score (nSPS) is 19.4. The first kappa shape index (κ1) is 14.1. The summed E-state index contributed by atoms with van der Waals surface area (Å²) >= 11 is 0. The van der Waals surface area contributed by atoms with Crippen LogP contribution in [-0.4, -0.2) is 36.6 Å². The van der Waals surface area contributed by atoms with Crippen LogP contribution in [0.3, 0.4) is 0 Å². The number of nitrogens with zero attached hydrogens (tertiary/aromatic N) is 1. The lowest BCUT2D eigenvalue weighted by Crippen LogP contribution is -2.36. The predicted octanol–water partition coefficient (Wildman–Crippen LogP) is 1.45. The molecule has 2 rings (SSSR count). The van der Waals surface area contributed by atoms with Gasteiger partial charge in [0.25, 0.3) is 0 Å². The molecule has 0 bridgehead atoms. The fourth-order valence-corrected chi connectivity index (χ4v) is 1.76. The maximum Gasteiger partial charge on any atom is 0.206 e. The van der Waals surface area contributed by atoms with Gasteiger partial charge in [-0.25, -0.2) is 0 Å². The minimum atomic E-state index is -0.0498. The molecule has 1 saturated heterocycles. The summed E-state index contributed by atoms with van der Waals surface area (Å²) in [6, 6.07) is 5.32. The molecule has 0 saturated carbocycles. The van der Waals surface area contributed by atoms with E-state index in [1.165, 1.54) is 0 Å². The molecule has 0 aliphatic carbocycles. The van der Waals surface area contributed by atoms with Crippen LogP contribution in [0.5, 0.6) is 0 Å². The highest BCUT2D eigenvalue weighted by molar-refractivity contribution is 5.95. The Morgan fingerprint density at radius 3 is 3.06 bits per heavy atom. The first-order chi connectivity index (χ1) is 7.86. The number of piperidine rings is 1. The van der Waals surface area contributed by atoms with Crippen molar-refractivity contribution in [2.75, 3.05) is 19.7 Å². The summed E-state index contributed by atoms with van der Waals surface area (Å²) in [5, 5.41) is 3.25. The molecule has 1 aliphatic rings. The van der Waals surface area contributed by atoms with Crippen LogP contribution in [0.25, 0.3) is 0 Å². The molecule has 17 heavy (non-hydrogen) atoms. The van der Waals surface area contributed by atoms with Gasteiger partial charge in [-0.3, -0.25) is 9.78 Å². The Bertz CT molecular complexity index is 340. The van der Waals surface area contributed by atoms with Crippen LogP contribution in [-0.2, 0) is 4.74 Å². The van der Waals surface area contributed by atoms with E-state index in [0.717, 1.165) is 25.9 Å². The second-order valence-corrected chi connectivity index (χ2v) is 3.92. The van der Waals surface area contributed by atoms with Gasteiger partial charge in [-0.2, -0.15) is 0 Å². The second kappa shape index (κ2) is 7.37. The van der Waals surface area contributed by atoms with Gasteiger partial charge in [-0.05, 0) is 31.5 Å². The van der Waals surface area contributed by atoms with Gasteiger partial charge < -0.3 is 10.1 Å². The number of aromatic nitrogens is 1. The van der Waals surface area contributed by atoms with E-state index in [2.05, 4.69) is 10.3 Å². The Labute approximate surface area is 107 Å². The SMILES string of the molecule is Cl.O=C(CO[C@@H]1CCCNC1)c1ccccn1. The van der Waals surface area contributed by atoms with Crippen molar-refractivity contribution in [3.05, 3.63) is 30.1 Å². The van der Waals surface area contributed by atoms with Crippen molar-refractivity contribution < 1.29 is 9.53 Å².